The van der Waals surface area contributed by atoms with Gasteiger partial charge in [-0.05, 0) is 19.3 Å². The molecule has 0 amide bonds. The Balaban J connectivity index is 1.86. The second-order valence-corrected chi connectivity index (χ2v) is 4.59. The fraction of sp³-hybridized carbons (Fsp3) is 0.545. The molecular weight excluding hydrogens is 218 g/mol. The molecule has 0 aromatic carbocycles. The van der Waals surface area contributed by atoms with Gasteiger partial charge in [-0.15, -0.1) is 0 Å². The van der Waals surface area contributed by atoms with Crippen molar-refractivity contribution in [1.82, 2.24) is 19.7 Å². The summed E-state index contributed by atoms with van der Waals surface area (Å²) in [5.74, 6) is 2.28. The largest absolute Gasteiger partial charge is 0.339 e. The number of aryl methyl sites for hydroxylation is 1. The van der Waals surface area contributed by atoms with E-state index in [9.17, 15) is 0 Å². The molecule has 2 atom stereocenters. The lowest BCUT2D eigenvalue weighted by molar-refractivity contribution is 0.353. The molecule has 1 aliphatic rings. The summed E-state index contributed by atoms with van der Waals surface area (Å²) in [4.78, 5) is 8.61. The lowest BCUT2D eigenvalue weighted by atomic mass is 10.1. The first kappa shape index (κ1) is 10.5. The van der Waals surface area contributed by atoms with Crippen LogP contribution in [-0.4, -0.2) is 25.7 Å². The zero-order valence-corrected chi connectivity index (χ0v) is 9.71. The first-order valence-corrected chi connectivity index (χ1v) is 5.81. The van der Waals surface area contributed by atoms with Crippen LogP contribution in [0.15, 0.2) is 16.9 Å². The third-order valence-corrected chi connectivity index (χ3v) is 3.29. The van der Waals surface area contributed by atoms with Gasteiger partial charge in [-0.1, -0.05) is 5.16 Å². The number of rotatable bonds is 2. The van der Waals surface area contributed by atoms with E-state index in [0.29, 0.717) is 17.6 Å². The van der Waals surface area contributed by atoms with Gasteiger partial charge in [-0.25, -0.2) is 4.98 Å². The second kappa shape index (κ2) is 3.96. The van der Waals surface area contributed by atoms with E-state index in [0.717, 1.165) is 25.1 Å². The molecule has 0 aliphatic heterocycles. The molecule has 6 heteroatoms. The van der Waals surface area contributed by atoms with Crippen LogP contribution in [0.1, 0.15) is 31.1 Å². The zero-order chi connectivity index (χ0) is 11.8. The minimum absolute atomic E-state index is 0.267. The van der Waals surface area contributed by atoms with Gasteiger partial charge < -0.3 is 14.8 Å². The second-order valence-electron chi connectivity index (χ2n) is 4.59. The van der Waals surface area contributed by atoms with Crippen LogP contribution in [0, 0.1) is 0 Å². The van der Waals surface area contributed by atoms with Gasteiger partial charge in [0.15, 0.2) is 5.82 Å². The molecule has 0 saturated heterocycles. The summed E-state index contributed by atoms with van der Waals surface area (Å²) in [5, 5.41) is 3.98. The molecule has 0 bridgehead atoms. The Hall–Kier alpha value is -1.69. The first-order chi connectivity index (χ1) is 8.24. The first-order valence-electron chi connectivity index (χ1n) is 5.81. The molecule has 90 valence electrons. The van der Waals surface area contributed by atoms with Crippen LogP contribution < -0.4 is 5.73 Å². The maximum Gasteiger partial charge on any atom is 0.238 e. The molecule has 2 heterocycles. The molecule has 1 aliphatic carbocycles. The van der Waals surface area contributed by atoms with E-state index >= 15 is 0 Å². The van der Waals surface area contributed by atoms with E-state index in [1.165, 1.54) is 0 Å². The van der Waals surface area contributed by atoms with E-state index in [1.807, 2.05) is 17.8 Å². The summed E-state index contributed by atoms with van der Waals surface area (Å²) in [6.45, 7) is 0. The molecule has 0 unspecified atom stereocenters. The van der Waals surface area contributed by atoms with E-state index in [2.05, 4.69) is 15.1 Å². The van der Waals surface area contributed by atoms with Crippen LogP contribution in [-0.2, 0) is 7.05 Å². The molecule has 2 aromatic heterocycles. The van der Waals surface area contributed by atoms with Crippen molar-refractivity contribution in [2.45, 2.75) is 31.2 Å². The normalized spacial score (nSPS) is 24.4. The minimum atomic E-state index is 0.267. The van der Waals surface area contributed by atoms with Crippen LogP contribution >= 0.6 is 0 Å². The minimum Gasteiger partial charge on any atom is -0.339 e. The summed E-state index contributed by atoms with van der Waals surface area (Å²) in [6.07, 6.45) is 6.57. The molecule has 2 aromatic rings. The van der Waals surface area contributed by atoms with Crippen molar-refractivity contribution >= 4 is 0 Å². The highest BCUT2D eigenvalue weighted by Crippen LogP contribution is 2.33. The van der Waals surface area contributed by atoms with E-state index in [4.69, 9.17) is 10.3 Å². The van der Waals surface area contributed by atoms with Crippen LogP contribution in [0.5, 0.6) is 0 Å². The molecular formula is C11H15N5O. The highest BCUT2D eigenvalue weighted by molar-refractivity contribution is 5.42. The quantitative estimate of drug-likeness (QED) is 0.838. The van der Waals surface area contributed by atoms with E-state index in [-0.39, 0.29) is 6.04 Å². The molecule has 1 fully saturated rings. The highest BCUT2D eigenvalue weighted by atomic mass is 16.5. The maximum atomic E-state index is 5.88. The Morgan fingerprint density at radius 1 is 1.47 bits per heavy atom. The van der Waals surface area contributed by atoms with Crippen molar-refractivity contribution in [3.63, 3.8) is 0 Å². The lowest BCUT2D eigenvalue weighted by Gasteiger charge is -2.01. The van der Waals surface area contributed by atoms with E-state index in [1.54, 1.807) is 6.20 Å². The summed E-state index contributed by atoms with van der Waals surface area (Å²) in [5.41, 5.74) is 5.88. The standard InChI is InChI=1S/C11H15N5O/c1-16-5-4-13-10(16)9-14-11(17-15-9)7-2-3-8(12)6-7/h4-5,7-8H,2-3,6,12H2,1H3/t7-,8+/m1/s1. The number of hydrogen-bond acceptors (Lipinski definition) is 5. The smallest absolute Gasteiger partial charge is 0.238 e. The third-order valence-electron chi connectivity index (χ3n) is 3.29. The average Bonchev–Trinajstić information content (AvgIpc) is 2.97. The molecule has 17 heavy (non-hydrogen) atoms. The Labute approximate surface area is 98.8 Å². The van der Waals surface area contributed by atoms with Crippen molar-refractivity contribution in [3.05, 3.63) is 18.3 Å². The number of hydrogen-bond donors (Lipinski definition) is 1. The SMILES string of the molecule is Cn1ccnc1-c1noc([C@@H]2CC[C@H](N)C2)n1. The fourth-order valence-corrected chi connectivity index (χ4v) is 2.31. The monoisotopic (exact) mass is 233 g/mol. The van der Waals surface area contributed by atoms with Gasteiger partial charge >= 0.3 is 0 Å². The Morgan fingerprint density at radius 3 is 3.00 bits per heavy atom. The lowest BCUT2D eigenvalue weighted by Crippen LogP contribution is -2.14. The van der Waals surface area contributed by atoms with Gasteiger partial charge in [0.2, 0.25) is 11.7 Å². The van der Waals surface area contributed by atoms with Crippen LogP contribution in [0.25, 0.3) is 11.6 Å². The topological polar surface area (TPSA) is 82.8 Å². The molecule has 6 nitrogen and oxygen atoms in total. The predicted octanol–water partition coefficient (Wildman–Crippen LogP) is 1.06. The van der Waals surface area contributed by atoms with Gasteiger partial charge in [0.1, 0.15) is 0 Å². The van der Waals surface area contributed by atoms with Crippen molar-refractivity contribution in [2.24, 2.45) is 12.8 Å². The van der Waals surface area contributed by atoms with Gasteiger partial charge in [-0.2, -0.15) is 4.98 Å². The molecule has 3 rings (SSSR count). The van der Waals surface area contributed by atoms with Gasteiger partial charge in [0, 0.05) is 31.4 Å². The Morgan fingerprint density at radius 2 is 2.35 bits per heavy atom. The van der Waals surface area contributed by atoms with Crippen molar-refractivity contribution < 1.29 is 4.52 Å². The summed E-state index contributed by atoms with van der Waals surface area (Å²) < 4.78 is 7.18. The predicted molar refractivity (Wildman–Crippen MR) is 61.1 cm³/mol. The third kappa shape index (κ3) is 1.84. The zero-order valence-electron chi connectivity index (χ0n) is 9.71. The van der Waals surface area contributed by atoms with Crippen molar-refractivity contribution in [2.75, 3.05) is 0 Å². The maximum absolute atomic E-state index is 5.88. The molecule has 0 radical (unpaired) electrons. The van der Waals surface area contributed by atoms with Gasteiger partial charge in [-0.3, -0.25) is 0 Å². The van der Waals surface area contributed by atoms with Crippen LogP contribution in [0.4, 0.5) is 0 Å². The van der Waals surface area contributed by atoms with Crippen LogP contribution in [0.3, 0.4) is 0 Å². The highest BCUT2D eigenvalue weighted by Gasteiger charge is 2.28. The number of aromatic nitrogens is 4. The van der Waals surface area contributed by atoms with Crippen molar-refractivity contribution in [3.8, 4) is 11.6 Å². The molecule has 0 spiro atoms. The Kier molecular flexibility index (Phi) is 2.44. The fourth-order valence-electron chi connectivity index (χ4n) is 2.31. The summed E-state index contributed by atoms with van der Waals surface area (Å²) in [6, 6.07) is 0.267. The number of nitrogens with zero attached hydrogens (tertiary/aromatic N) is 4. The van der Waals surface area contributed by atoms with Crippen LogP contribution in [0.2, 0.25) is 0 Å². The van der Waals surface area contributed by atoms with E-state index < -0.39 is 0 Å². The van der Waals surface area contributed by atoms with Gasteiger partial charge in [0.25, 0.3) is 0 Å². The number of imidazole rings is 1. The van der Waals surface area contributed by atoms with Crippen molar-refractivity contribution in [1.29, 1.82) is 0 Å². The average molecular weight is 233 g/mol. The molecule has 2 N–H and O–H groups in total. The number of nitrogens with two attached hydrogens (primary N) is 1. The Bertz CT molecular complexity index is 517. The summed E-state index contributed by atoms with van der Waals surface area (Å²) in [7, 11) is 1.91. The van der Waals surface area contributed by atoms with Gasteiger partial charge in [0.05, 0.1) is 0 Å². The molecule has 1 saturated carbocycles. The summed E-state index contributed by atoms with van der Waals surface area (Å²) >= 11 is 0.